The van der Waals surface area contributed by atoms with E-state index < -0.39 is 11.7 Å². The molecule has 1 unspecified atom stereocenters. The predicted octanol–water partition coefficient (Wildman–Crippen LogP) is 2.37. The van der Waals surface area contributed by atoms with Gasteiger partial charge in [-0.3, -0.25) is 14.6 Å². The number of amides is 3. The molecule has 1 aromatic rings. The van der Waals surface area contributed by atoms with E-state index in [0.29, 0.717) is 31.1 Å². The highest BCUT2D eigenvalue weighted by Crippen LogP contribution is 2.54. The molecule has 2 atom stereocenters. The van der Waals surface area contributed by atoms with Gasteiger partial charge in [0.25, 0.3) is 5.91 Å². The van der Waals surface area contributed by atoms with E-state index in [4.69, 9.17) is 4.74 Å². The van der Waals surface area contributed by atoms with Gasteiger partial charge in [0.05, 0.1) is 17.7 Å². The summed E-state index contributed by atoms with van der Waals surface area (Å²) in [6.45, 7) is 11.7. The van der Waals surface area contributed by atoms with Crippen molar-refractivity contribution in [3.8, 4) is 0 Å². The molecule has 1 N–H and O–H groups in total. The maximum atomic E-state index is 12.9. The van der Waals surface area contributed by atoms with Crippen LogP contribution in [-0.2, 0) is 9.53 Å². The molecule has 8 nitrogen and oxygen atoms in total. The number of thiazole rings is 1. The van der Waals surface area contributed by atoms with Crippen LogP contribution in [0.5, 0.6) is 0 Å². The highest BCUT2D eigenvalue weighted by molar-refractivity contribution is 7.11. The lowest BCUT2D eigenvalue weighted by molar-refractivity contribution is -0.145. The van der Waals surface area contributed by atoms with Crippen molar-refractivity contribution in [1.29, 1.82) is 0 Å². The minimum Gasteiger partial charge on any atom is -0.444 e. The van der Waals surface area contributed by atoms with Gasteiger partial charge < -0.3 is 19.9 Å². The lowest BCUT2D eigenvalue weighted by Crippen LogP contribution is -2.67. The normalized spacial score (nSPS) is 26.3. The third-order valence-electron chi connectivity index (χ3n) is 6.40. The van der Waals surface area contributed by atoms with Crippen molar-refractivity contribution >= 4 is 29.2 Å². The van der Waals surface area contributed by atoms with Gasteiger partial charge in [0.1, 0.15) is 10.5 Å². The molecule has 2 aliphatic heterocycles. The first-order chi connectivity index (χ1) is 13.9. The second-order valence-electron chi connectivity index (χ2n) is 10.6. The Morgan fingerprint density at radius 2 is 1.83 bits per heavy atom. The number of likely N-dealkylation sites (tertiary alicyclic amines) is 2. The molecule has 30 heavy (non-hydrogen) atoms. The second-order valence-corrected chi connectivity index (χ2v) is 11.4. The number of nitrogens with zero attached hydrogens (tertiary/aromatic N) is 3. The van der Waals surface area contributed by atoms with E-state index >= 15 is 0 Å². The monoisotopic (exact) mass is 434 g/mol. The van der Waals surface area contributed by atoms with E-state index in [0.717, 1.165) is 6.42 Å². The number of hydrogen-bond donors (Lipinski definition) is 1. The second kappa shape index (κ2) is 6.93. The van der Waals surface area contributed by atoms with Crippen molar-refractivity contribution in [1.82, 2.24) is 20.1 Å². The molecule has 3 fully saturated rings. The van der Waals surface area contributed by atoms with Crippen LogP contribution in [0.2, 0.25) is 0 Å². The summed E-state index contributed by atoms with van der Waals surface area (Å²) in [5, 5.41) is 2.97. The number of hydrogen-bond acceptors (Lipinski definition) is 6. The van der Waals surface area contributed by atoms with Crippen LogP contribution in [0.15, 0.2) is 11.7 Å². The molecular weight excluding hydrogens is 404 g/mol. The maximum Gasteiger partial charge on any atom is 0.407 e. The van der Waals surface area contributed by atoms with E-state index in [1.54, 1.807) is 16.6 Å². The number of ether oxygens (including phenoxy) is 1. The molecule has 0 radical (unpaired) electrons. The van der Waals surface area contributed by atoms with Gasteiger partial charge in [0.15, 0.2) is 0 Å². The Hall–Kier alpha value is -2.16. The number of nitrogens with one attached hydrogen (secondary N) is 1. The smallest absolute Gasteiger partial charge is 0.407 e. The fraction of sp³-hybridized carbons (Fsp3) is 0.714. The molecule has 3 aliphatic rings. The Labute approximate surface area is 181 Å². The van der Waals surface area contributed by atoms with Crippen LogP contribution in [-0.4, -0.2) is 70.5 Å². The van der Waals surface area contributed by atoms with Gasteiger partial charge in [-0.15, -0.1) is 11.3 Å². The maximum absolute atomic E-state index is 12.9. The summed E-state index contributed by atoms with van der Waals surface area (Å²) in [7, 11) is 0. The molecule has 3 heterocycles. The Morgan fingerprint density at radius 3 is 2.37 bits per heavy atom. The summed E-state index contributed by atoms with van der Waals surface area (Å²) >= 11 is 1.31. The molecule has 0 bridgehead atoms. The zero-order valence-corrected chi connectivity index (χ0v) is 19.0. The van der Waals surface area contributed by atoms with Crippen LogP contribution >= 0.6 is 11.3 Å². The van der Waals surface area contributed by atoms with Crippen LogP contribution in [0.3, 0.4) is 0 Å². The first-order valence-electron chi connectivity index (χ1n) is 10.4. The van der Waals surface area contributed by atoms with Gasteiger partial charge in [-0.1, -0.05) is 13.8 Å². The van der Waals surface area contributed by atoms with Crippen molar-refractivity contribution < 1.29 is 19.1 Å². The van der Waals surface area contributed by atoms with E-state index in [1.165, 1.54) is 11.3 Å². The number of alkyl carbamates (subject to hydrolysis) is 1. The standard InChI is InChI=1S/C21H30N4O4S/c1-19(2,3)29-18(28)23-15-8-24(17(27)14-7-22-12-30-14)9-21(15)10-25(11-21)16(26)13-6-20(13,4)5/h7,12-13,15H,6,8-11H2,1-5H3,(H,23,28)/t13-,15?/m1/s1. The Morgan fingerprint density at radius 1 is 1.20 bits per heavy atom. The van der Waals surface area contributed by atoms with Crippen molar-refractivity contribution in [3.05, 3.63) is 16.6 Å². The molecule has 1 spiro atoms. The number of aromatic nitrogens is 1. The summed E-state index contributed by atoms with van der Waals surface area (Å²) in [5.74, 6) is 0.191. The number of rotatable bonds is 3. The molecule has 1 aromatic heterocycles. The van der Waals surface area contributed by atoms with Gasteiger partial charge in [-0.25, -0.2) is 4.79 Å². The van der Waals surface area contributed by atoms with E-state index in [9.17, 15) is 14.4 Å². The quantitative estimate of drug-likeness (QED) is 0.789. The fourth-order valence-electron chi connectivity index (χ4n) is 4.55. The lowest BCUT2D eigenvalue weighted by atomic mass is 9.75. The third-order valence-corrected chi connectivity index (χ3v) is 7.16. The molecule has 9 heteroatoms. The molecule has 3 amide bonds. The van der Waals surface area contributed by atoms with Gasteiger partial charge in [-0.2, -0.15) is 0 Å². The molecule has 2 saturated heterocycles. The fourth-order valence-corrected chi connectivity index (χ4v) is 5.14. The largest absolute Gasteiger partial charge is 0.444 e. The molecule has 1 saturated carbocycles. The average molecular weight is 435 g/mol. The molecule has 0 aromatic carbocycles. The Balaban J connectivity index is 1.47. The summed E-state index contributed by atoms with van der Waals surface area (Å²) in [4.78, 5) is 46.3. The molecule has 1 aliphatic carbocycles. The van der Waals surface area contributed by atoms with Gasteiger partial charge in [0, 0.05) is 37.5 Å². The van der Waals surface area contributed by atoms with E-state index in [-0.39, 0.29) is 34.6 Å². The number of carbonyl (C=O) groups is 3. The molecule has 4 rings (SSSR count). The minimum absolute atomic E-state index is 0.0812. The minimum atomic E-state index is -0.604. The van der Waals surface area contributed by atoms with Gasteiger partial charge in [-0.05, 0) is 32.6 Å². The first kappa shape index (κ1) is 21.1. The average Bonchev–Trinajstić information content (AvgIpc) is 3.00. The van der Waals surface area contributed by atoms with Crippen molar-refractivity contribution in [2.45, 2.75) is 52.7 Å². The zero-order valence-electron chi connectivity index (χ0n) is 18.2. The first-order valence-corrected chi connectivity index (χ1v) is 11.2. The predicted molar refractivity (Wildman–Crippen MR) is 112 cm³/mol. The van der Waals surface area contributed by atoms with Gasteiger partial charge in [0.2, 0.25) is 5.91 Å². The SMILES string of the molecule is CC(C)(C)OC(=O)NC1CN(C(=O)c2cncs2)CC12CN(C(=O)[C@H]1CC1(C)C)C2. The topological polar surface area (TPSA) is 91.8 Å². The van der Waals surface area contributed by atoms with Gasteiger partial charge >= 0.3 is 6.09 Å². The summed E-state index contributed by atoms with van der Waals surface area (Å²) < 4.78 is 5.44. The van der Waals surface area contributed by atoms with Crippen LogP contribution in [0.1, 0.15) is 50.7 Å². The molecular formula is C21H30N4O4S. The van der Waals surface area contributed by atoms with Crippen LogP contribution in [0.25, 0.3) is 0 Å². The summed E-state index contributed by atoms with van der Waals surface area (Å²) in [6.07, 6.45) is 2.00. The summed E-state index contributed by atoms with van der Waals surface area (Å²) in [5.41, 5.74) is 0.771. The molecule has 164 valence electrons. The van der Waals surface area contributed by atoms with Crippen molar-refractivity contribution in [2.24, 2.45) is 16.7 Å². The number of carbonyl (C=O) groups excluding carboxylic acids is 3. The highest BCUT2D eigenvalue weighted by atomic mass is 32.1. The third kappa shape index (κ3) is 3.91. The van der Waals surface area contributed by atoms with Crippen molar-refractivity contribution in [2.75, 3.05) is 26.2 Å². The summed E-state index contributed by atoms with van der Waals surface area (Å²) in [6, 6.07) is -0.263. The van der Waals surface area contributed by atoms with Crippen LogP contribution in [0.4, 0.5) is 4.79 Å². The Bertz CT molecular complexity index is 855. The highest BCUT2D eigenvalue weighted by Gasteiger charge is 2.60. The lowest BCUT2D eigenvalue weighted by Gasteiger charge is -2.51. The van der Waals surface area contributed by atoms with Crippen LogP contribution in [0, 0.1) is 16.7 Å². The Kier molecular flexibility index (Phi) is 4.87. The van der Waals surface area contributed by atoms with E-state index in [1.807, 2.05) is 25.7 Å². The van der Waals surface area contributed by atoms with Crippen LogP contribution < -0.4 is 5.32 Å². The zero-order chi connectivity index (χ0) is 21.9. The van der Waals surface area contributed by atoms with E-state index in [2.05, 4.69) is 24.1 Å². The van der Waals surface area contributed by atoms with Crippen molar-refractivity contribution in [3.63, 3.8) is 0 Å².